The van der Waals surface area contributed by atoms with Gasteiger partial charge in [-0.3, -0.25) is 9.89 Å². The summed E-state index contributed by atoms with van der Waals surface area (Å²) in [7, 11) is -3.55. The first-order valence-corrected chi connectivity index (χ1v) is 9.08. The maximum Gasteiger partial charge on any atom is 0.246 e. The number of nitrogens with one attached hydrogen (secondary N) is 1. The molecule has 1 saturated heterocycles. The van der Waals surface area contributed by atoms with E-state index in [2.05, 4.69) is 10.2 Å². The Morgan fingerprint density at radius 2 is 2.00 bits per heavy atom. The van der Waals surface area contributed by atoms with Gasteiger partial charge in [-0.05, 0) is 25.7 Å². The van der Waals surface area contributed by atoms with Crippen LogP contribution < -0.4 is 0 Å². The highest BCUT2D eigenvalue weighted by molar-refractivity contribution is 7.89. The van der Waals surface area contributed by atoms with E-state index in [1.54, 1.807) is 4.31 Å². The van der Waals surface area contributed by atoms with Gasteiger partial charge in [-0.25, -0.2) is 8.42 Å². The highest BCUT2D eigenvalue weighted by atomic mass is 32.2. The fraction of sp³-hybridized carbons (Fsp3) is 0.714. The molecular formula is C14H21N3O3S. The zero-order valence-electron chi connectivity index (χ0n) is 12.0. The Morgan fingerprint density at radius 3 is 2.71 bits per heavy atom. The molecule has 21 heavy (non-hydrogen) atoms. The lowest BCUT2D eigenvalue weighted by atomic mass is 9.80. The summed E-state index contributed by atoms with van der Waals surface area (Å²) < 4.78 is 27.1. The van der Waals surface area contributed by atoms with Crippen LogP contribution in [0.25, 0.3) is 0 Å². The Morgan fingerprint density at radius 1 is 1.19 bits per heavy atom. The van der Waals surface area contributed by atoms with Crippen LogP contribution in [0, 0.1) is 5.92 Å². The second kappa shape index (κ2) is 5.88. The Bertz CT molecular complexity index is 597. The lowest BCUT2D eigenvalue weighted by Gasteiger charge is -2.39. The predicted octanol–water partition coefficient (Wildman–Crippen LogP) is 1.71. The van der Waals surface area contributed by atoms with Crippen molar-refractivity contribution in [1.82, 2.24) is 14.5 Å². The smallest absolute Gasteiger partial charge is 0.246 e. The van der Waals surface area contributed by atoms with Crippen molar-refractivity contribution in [1.29, 1.82) is 0 Å². The Balaban J connectivity index is 1.89. The minimum atomic E-state index is -3.55. The molecule has 2 aliphatic rings. The lowest BCUT2D eigenvalue weighted by Crippen LogP contribution is -2.50. The van der Waals surface area contributed by atoms with Crippen LogP contribution in [0.3, 0.4) is 0 Å². The number of Topliss-reactive ketones (excluding diaryl/α,β-unsaturated/α-hetero) is 1. The van der Waals surface area contributed by atoms with Crippen molar-refractivity contribution < 1.29 is 13.2 Å². The van der Waals surface area contributed by atoms with E-state index in [0.29, 0.717) is 13.0 Å². The number of ketones is 1. The molecule has 2 heterocycles. The number of rotatable bonds is 3. The monoisotopic (exact) mass is 311 g/mol. The van der Waals surface area contributed by atoms with Gasteiger partial charge in [0.15, 0.2) is 0 Å². The quantitative estimate of drug-likeness (QED) is 0.921. The molecule has 2 fully saturated rings. The average Bonchev–Trinajstić information content (AvgIpc) is 3.03. The highest BCUT2D eigenvalue weighted by Crippen LogP contribution is 2.34. The summed E-state index contributed by atoms with van der Waals surface area (Å²) in [5.41, 5.74) is 0. The van der Waals surface area contributed by atoms with Gasteiger partial charge in [0.25, 0.3) is 0 Å². The van der Waals surface area contributed by atoms with Crippen LogP contribution in [0.4, 0.5) is 0 Å². The number of aromatic nitrogens is 2. The molecule has 2 unspecified atom stereocenters. The van der Waals surface area contributed by atoms with Gasteiger partial charge >= 0.3 is 0 Å². The first-order valence-electron chi connectivity index (χ1n) is 7.64. The van der Waals surface area contributed by atoms with Gasteiger partial charge in [-0.2, -0.15) is 9.40 Å². The third kappa shape index (κ3) is 2.76. The van der Waals surface area contributed by atoms with Gasteiger partial charge in [0.1, 0.15) is 10.7 Å². The molecule has 2 atom stereocenters. The predicted molar refractivity (Wildman–Crippen MR) is 77.1 cm³/mol. The second-order valence-corrected chi connectivity index (χ2v) is 7.82. The number of carbonyl (C=O) groups excluding carboxylic acids is 1. The molecule has 1 N–H and O–H groups in total. The maximum atomic E-state index is 12.8. The minimum absolute atomic E-state index is 0.124. The summed E-state index contributed by atoms with van der Waals surface area (Å²) in [5, 5.41) is 6.29. The molecular weight excluding hydrogens is 290 g/mol. The van der Waals surface area contributed by atoms with Crippen molar-refractivity contribution in [3.8, 4) is 0 Å². The summed E-state index contributed by atoms with van der Waals surface area (Å²) in [6.45, 7) is 0.502. The summed E-state index contributed by atoms with van der Waals surface area (Å²) >= 11 is 0. The first-order chi connectivity index (χ1) is 10.1. The average molecular weight is 311 g/mol. The number of nitrogens with zero attached hydrogens (tertiary/aromatic N) is 2. The number of H-pyrrole nitrogens is 1. The number of hydrogen-bond acceptors (Lipinski definition) is 4. The van der Waals surface area contributed by atoms with Crippen molar-refractivity contribution in [3.63, 3.8) is 0 Å². The SMILES string of the molecule is O=C1CCCCC1C1CCCCN1S(=O)(=O)c1cn[nH]c1. The summed E-state index contributed by atoms with van der Waals surface area (Å²) in [6, 6.07) is -0.175. The number of piperidine rings is 1. The molecule has 0 bridgehead atoms. The summed E-state index contributed by atoms with van der Waals surface area (Å²) in [4.78, 5) is 12.4. The van der Waals surface area contributed by atoms with E-state index in [4.69, 9.17) is 0 Å². The van der Waals surface area contributed by atoms with Crippen LogP contribution in [0.1, 0.15) is 44.9 Å². The molecule has 1 aromatic heterocycles. The van der Waals surface area contributed by atoms with Crippen molar-refractivity contribution in [2.24, 2.45) is 5.92 Å². The van der Waals surface area contributed by atoms with Crippen LogP contribution >= 0.6 is 0 Å². The van der Waals surface area contributed by atoms with Gasteiger partial charge < -0.3 is 0 Å². The molecule has 1 aliphatic heterocycles. The molecule has 0 spiro atoms. The minimum Gasteiger partial charge on any atom is -0.299 e. The van der Waals surface area contributed by atoms with Crippen molar-refractivity contribution in [2.45, 2.75) is 55.9 Å². The first kappa shape index (κ1) is 14.7. The Hall–Kier alpha value is -1.21. The van der Waals surface area contributed by atoms with Crippen LogP contribution in [0.5, 0.6) is 0 Å². The van der Waals surface area contributed by atoms with Crippen LogP contribution in [0.2, 0.25) is 0 Å². The number of carbonyl (C=O) groups is 1. The molecule has 7 heteroatoms. The van der Waals surface area contributed by atoms with Gasteiger partial charge in [0, 0.05) is 31.1 Å². The molecule has 0 amide bonds. The molecule has 0 aromatic carbocycles. The largest absolute Gasteiger partial charge is 0.299 e. The zero-order valence-corrected chi connectivity index (χ0v) is 12.8. The molecule has 1 aliphatic carbocycles. The zero-order chi connectivity index (χ0) is 14.9. The van der Waals surface area contributed by atoms with Crippen molar-refractivity contribution in [2.75, 3.05) is 6.54 Å². The van der Waals surface area contributed by atoms with E-state index in [1.165, 1.54) is 12.4 Å². The van der Waals surface area contributed by atoms with E-state index in [1.807, 2.05) is 0 Å². The van der Waals surface area contributed by atoms with Gasteiger partial charge in [-0.1, -0.05) is 12.8 Å². The van der Waals surface area contributed by atoms with E-state index in [9.17, 15) is 13.2 Å². The summed E-state index contributed by atoms with van der Waals surface area (Å²) in [5.74, 6) is 0.112. The van der Waals surface area contributed by atoms with Gasteiger partial charge in [0.05, 0.1) is 6.20 Å². The molecule has 6 nitrogen and oxygen atoms in total. The molecule has 116 valence electrons. The number of sulfonamides is 1. The van der Waals surface area contributed by atoms with Crippen LogP contribution in [-0.4, -0.2) is 41.3 Å². The van der Waals surface area contributed by atoms with Crippen molar-refractivity contribution >= 4 is 15.8 Å². The van der Waals surface area contributed by atoms with E-state index in [0.717, 1.165) is 38.5 Å². The van der Waals surface area contributed by atoms with E-state index in [-0.39, 0.29) is 22.6 Å². The normalized spacial score (nSPS) is 28.7. The molecule has 1 saturated carbocycles. The highest BCUT2D eigenvalue weighted by Gasteiger charge is 2.41. The topological polar surface area (TPSA) is 83.1 Å². The van der Waals surface area contributed by atoms with E-state index < -0.39 is 10.0 Å². The molecule has 3 rings (SSSR count). The fourth-order valence-corrected chi connectivity index (χ4v) is 5.20. The van der Waals surface area contributed by atoms with Crippen LogP contribution in [0.15, 0.2) is 17.3 Å². The third-order valence-electron chi connectivity index (χ3n) is 4.64. The fourth-order valence-electron chi connectivity index (χ4n) is 3.56. The van der Waals surface area contributed by atoms with Gasteiger partial charge in [0.2, 0.25) is 10.0 Å². The Kier molecular flexibility index (Phi) is 4.12. The van der Waals surface area contributed by atoms with Gasteiger partial charge in [-0.15, -0.1) is 0 Å². The van der Waals surface area contributed by atoms with E-state index >= 15 is 0 Å². The lowest BCUT2D eigenvalue weighted by molar-refractivity contribution is -0.126. The molecule has 1 aromatic rings. The summed E-state index contributed by atoms with van der Waals surface area (Å²) in [6.07, 6.45) is 8.76. The standard InChI is InChI=1S/C14H21N3O3S/c18-14-7-2-1-5-12(14)13-6-3-4-8-17(13)21(19,20)11-9-15-16-10-11/h9-10,12-13H,1-8H2,(H,15,16). The Labute approximate surface area is 125 Å². The number of aromatic amines is 1. The maximum absolute atomic E-state index is 12.8. The molecule has 0 radical (unpaired) electrons. The van der Waals surface area contributed by atoms with Crippen LogP contribution in [-0.2, 0) is 14.8 Å². The second-order valence-electron chi connectivity index (χ2n) is 5.93. The van der Waals surface area contributed by atoms with Crippen molar-refractivity contribution in [3.05, 3.63) is 12.4 Å². The number of hydrogen-bond donors (Lipinski definition) is 1. The third-order valence-corrected chi connectivity index (χ3v) is 6.53.